The molecule has 3 aromatic rings. The highest BCUT2D eigenvalue weighted by Gasteiger charge is 2.34. The number of rotatable bonds is 8. The van der Waals surface area contributed by atoms with E-state index in [2.05, 4.69) is 26.9 Å². The van der Waals surface area contributed by atoms with Crippen molar-refractivity contribution in [1.29, 1.82) is 5.41 Å². The predicted octanol–water partition coefficient (Wildman–Crippen LogP) is 5.34. The number of nitrogens with two attached hydrogens (primary N) is 1. The molecule has 0 fully saturated rings. The number of aliphatic imine (C=N–C) groups is 1. The zero-order valence-electron chi connectivity index (χ0n) is 17.9. The number of aromatic hydroxyl groups is 1. The minimum atomic E-state index is -4.89. The van der Waals surface area contributed by atoms with Crippen LogP contribution in [0.4, 0.5) is 13.2 Å². The second kappa shape index (κ2) is 10.5. The van der Waals surface area contributed by atoms with Crippen molar-refractivity contribution in [2.75, 3.05) is 0 Å². The molecule has 0 saturated heterocycles. The number of halogens is 3. The van der Waals surface area contributed by atoms with Crippen LogP contribution in [0, 0.1) is 5.41 Å². The Hall–Kier alpha value is -3.34. The summed E-state index contributed by atoms with van der Waals surface area (Å²) in [7, 11) is 0. The molecular weight excluding hydrogens is 453 g/mol. The highest BCUT2D eigenvalue weighted by atomic mass is 32.1. The second-order valence-electron chi connectivity index (χ2n) is 7.25. The number of alkyl halides is 3. The Balaban J connectivity index is 2.07. The molecule has 0 radical (unpaired) electrons. The third-order valence-electron chi connectivity index (χ3n) is 4.76. The summed E-state index contributed by atoms with van der Waals surface area (Å²) in [6.45, 7) is 2.13. The largest absolute Gasteiger partial charge is 0.507 e. The predicted molar refractivity (Wildman–Crippen MR) is 123 cm³/mol. The summed E-state index contributed by atoms with van der Waals surface area (Å²) < 4.78 is 38.4. The highest BCUT2D eigenvalue weighted by Crippen LogP contribution is 2.32. The number of nitrogens with one attached hydrogen (secondary N) is 1. The molecule has 33 heavy (non-hydrogen) atoms. The van der Waals surface area contributed by atoms with Crippen LogP contribution in [0.1, 0.15) is 44.0 Å². The van der Waals surface area contributed by atoms with Gasteiger partial charge in [-0.3, -0.25) is 5.41 Å². The third-order valence-corrected chi connectivity index (χ3v) is 5.72. The molecule has 0 atom stereocenters. The molecule has 2 aromatic heterocycles. The summed E-state index contributed by atoms with van der Waals surface area (Å²) in [5.74, 6) is -2.81. The van der Waals surface area contributed by atoms with Crippen molar-refractivity contribution in [3.8, 4) is 27.8 Å². The van der Waals surface area contributed by atoms with Crippen LogP contribution in [-0.4, -0.2) is 37.9 Å². The Morgan fingerprint density at radius 3 is 2.52 bits per heavy atom. The number of thiophene rings is 1. The van der Waals surface area contributed by atoms with Gasteiger partial charge in [0.05, 0.1) is 10.4 Å². The molecule has 1 aromatic carbocycles. The van der Waals surface area contributed by atoms with Crippen molar-refractivity contribution in [3.63, 3.8) is 0 Å². The van der Waals surface area contributed by atoms with E-state index in [0.717, 1.165) is 42.5 Å². The monoisotopic (exact) mass is 476 g/mol. The molecule has 0 unspecified atom stereocenters. The van der Waals surface area contributed by atoms with Gasteiger partial charge in [-0.2, -0.15) is 13.2 Å². The van der Waals surface area contributed by atoms with Gasteiger partial charge in [0.25, 0.3) is 0 Å². The lowest BCUT2D eigenvalue weighted by atomic mass is 10.1. The first-order chi connectivity index (χ1) is 15.7. The number of benzene rings is 1. The van der Waals surface area contributed by atoms with E-state index in [1.807, 2.05) is 11.4 Å². The first-order valence-electron chi connectivity index (χ1n) is 10.3. The van der Waals surface area contributed by atoms with Gasteiger partial charge in [0.1, 0.15) is 5.75 Å². The number of phenolic OH excluding ortho intramolecular Hbond substituents is 1. The maximum atomic E-state index is 12.8. The number of aryl methyl sites for hydroxylation is 1. The number of nitrogens with zero attached hydrogens (tertiary/aromatic N) is 4. The summed E-state index contributed by atoms with van der Waals surface area (Å²) in [6.07, 6.45) is 0.200. The molecule has 0 aliphatic rings. The number of phenols is 1. The van der Waals surface area contributed by atoms with Crippen LogP contribution in [-0.2, 0) is 6.42 Å². The highest BCUT2D eigenvalue weighted by molar-refractivity contribution is 7.13. The summed E-state index contributed by atoms with van der Waals surface area (Å²) in [5.41, 5.74) is 6.23. The molecule has 174 valence electrons. The minimum absolute atomic E-state index is 0.0176. The fraction of sp³-hybridized carbons (Fsp3) is 0.318. The topological polar surface area (TPSA) is 121 Å². The lowest BCUT2D eigenvalue weighted by Gasteiger charge is -2.10. The van der Waals surface area contributed by atoms with Gasteiger partial charge >= 0.3 is 6.18 Å². The molecular formula is C22H23F3N6OS. The SMILES string of the molecule is CCCCCCc1ccsc1-c1nc(C(=N)N=C(N)C(F)(F)F)nc(-c2ccccc2O)n1. The maximum Gasteiger partial charge on any atom is 0.449 e. The summed E-state index contributed by atoms with van der Waals surface area (Å²) in [4.78, 5) is 16.6. The molecule has 7 nitrogen and oxygen atoms in total. The molecule has 3 rings (SSSR count). The molecule has 0 aliphatic carbocycles. The van der Waals surface area contributed by atoms with E-state index >= 15 is 0 Å². The van der Waals surface area contributed by atoms with E-state index in [1.54, 1.807) is 18.2 Å². The average Bonchev–Trinajstić information content (AvgIpc) is 3.24. The Kier molecular flexibility index (Phi) is 7.75. The van der Waals surface area contributed by atoms with Gasteiger partial charge < -0.3 is 10.8 Å². The second-order valence-corrected chi connectivity index (χ2v) is 8.17. The van der Waals surface area contributed by atoms with Crippen molar-refractivity contribution >= 4 is 23.0 Å². The van der Waals surface area contributed by atoms with E-state index in [9.17, 15) is 18.3 Å². The Labute approximate surface area is 192 Å². The Morgan fingerprint density at radius 2 is 1.82 bits per heavy atom. The van der Waals surface area contributed by atoms with E-state index in [1.165, 1.54) is 17.4 Å². The van der Waals surface area contributed by atoms with Crippen molar-refractivity contribution < 1.29 is 18.3 Å². The van der Waals surface area contributed by atoms with Gasteiger partial charge in [-0.15, -0.1) is 11.3 Å². The molecule has 11 heteroatoms. The molecule has 0 amide bonds. The van der Waals surface area contributed by atoms with Crippen LogP contribution in [0.5, 0.6) is 5.75 Å². The fourth-order valence-electron chi connectivity index (χ4n) is 3.07. The number of amidine groups is 2. The number of hydrogen-bond donors (Lipinski definition) is 3. The van der Waals surface area contributed by atoms with Gasteiger partial charge in [0.2, 0.25) is 11.7 Å². The first-order valence-corrected chi connectivity index (χ1v) is 11.2. The molecule has 0 aliphatic heterocycles. The van der Waals surface area contributed by atoms with Gasteiger partial charge in [-0.1, -0.05) is 38.3 Å². The molecule has 0 spiro atoms. The third kappa shape index (κ3) is 6.13. The summed E-state index contributed by atoms with van der Waals surface area (Å²) in [5, 5.41) is 20.1. The molecule has 0 bridgehead atoms. The van der Waals surface area contributed by atoms with Crippen molar-refractivity contribution in [1.82, 2.24) is 15.0 Å². The van der Waals surface area contributed by atoms with Crippen molar-refractivity contribution in [2.45, 2.75) is 45.2 Å². The van der Waals surface area contributed by atoms with Crippen LogP contribution < -0.4 is 5.73 Å². The van der Waals surface area contributed by atoms with E-state index in [0.29, 0.717) is 0 Å². The Morgan fingerprint density at radius 1 is 1.09 bits per heavy atom. The van der Waals surface area contributed by atoms with Gasteiger partial charge in [0, 0.05) is 0 Å². The molecule has 4 N–H and O–H groups in total. The number of unbranched alkanes of at least 4 members (excludes halogenated alkanes) is 3. The van der Waals surface area contributed by atoms with Crippen LogP contribution in [0.2, 0.25) is 0 Å². The molecule has 0 saturated carbocycles. The smallest absolute Gasteiger partial charge is 0.449 e. The fourth-order valence-corrected chi connectivity index (χ4v) is 3.96. The first kappa shape index (κ1) is 24.3. The lowest BCUT2D eigenvalue weighted by Crippen LogP contribution is -2.32. The van der Waals surface area contributed by atoms with Crippen LogP contribution in [0.3, 0.4) is 0 Å². The maximum absolute atomic E-state index is 12.8. The zero-order valence-corrected chi connectivity index (χ0v) is 18.7. The van der Waals surface area contributed by atoms with E-state index in [4.69, 9.17) is 11.1 Å². The van der Waals surface area contributed by atoms with E-state index in [-0.39, 0.29) is 28.8 Å². The standard InChI is InChI=1S/C22H23F3N6OS/c1-2-3-4-5-8-13-11-12-33-16(13)19-29-18(14-9-6-7-10-15(14)32)30-20(31-19)17(26)28-21(27)22(23,24)25/h6-7,9-12,32H,2-5,8H2,1H3,(H3,26,27,28). The van der Waals surface area contributed by atoms with Gasteiger partial charge in [0.15, 0.2) is 17.5 Å². The Bertz CT molecular complexity index is 1160. The molecule has 2 heterocycles. The van der Waals surface area contributed by atoms with E-state index < -0.39 is 17.8 Å². The van der Waals surface area contributed by atoms with Gasteiger partial charge in [-0.05, 0) is 42.0 Å². The van der Waals surface area contributed by atoms with Crippen LogP contribution >= 0.6 is 11.3 Å². The number of para-hydroxylation sites is 1. The zero-order chi connectivity index (χ0) is 24.0. The summed E-state index contributed by atoms with van der Waals surface area (Å²) in [6, 6.07) is 8.24. The van der Waals surface area contributed by atoms with Crippen molar-refractivity contribution in [2.24, 2.45) is 10.7 Å². The average molecular weight is 477 g/mol. The quantitative estimate of drug-likeness (QED) is 0.230. The minimum Gasteiger partial charge on any atom is -0.507 e. The van der Waals surface area contributed by atoms with Gasteiger partial charge in [-0.25, -0.2) is 19.9 Å². The van der Waals surface area contributed by atoms with Crippen LogP contribution in [0.25, 0.3) is 22.1 Å². The lowest BCUT2D eigenvalue weighted by molar-refractivity contribution is -0.0597. The van der Waals surface area contributed by atoms with Crippen molar-refractivity contribution in [3.05, 3.63) is 47.1 Å². The summed E-state index contributed by atoms with van der Waals surface area (Å²) >= 11 is 1.39. The number of hydrogen-bond acceptors (Lipinski definition) is 6. The number of aromatic nitrogens is 3. The normalized spacial score (nSPS) is 12.2. The van der Waals surface area contributed by atoms with Crippen LogP contribution in [0.15, 0.2) is 40.7 Å².